The number of hydrogen-bond acceptors (Lipinski definition) is 2. The van der Waals surface area contributed by atoms with Crippen molar-refractivity contribution in [2.75, 3.05) is 5.32 Å². The minimum absolute atomic E-state index is 0.351. The zero-order chi connectivity index (χ0) is 15.0. The summed E-state index contributed by atoms with van der Waals surface area (Å²) in [7, 11) is 0. The van der Waals surface area contributed by atoms with Gasteiger partial charge in [-0.2, -0.15) is 5.26 Å². The maximum atomic E-state index is 9.05. The zero-order valence-corrected chi connectivity index (χ0v) is 13.5. The largest absolute Gasteiger partial charge is 0.382 e. The molecule has 1 aromatic carbocycles. The Balaban J connectivity index is 2.16. The fourth-order valence-corrected chi connectivity index (χ4v) is 4.04. The van der Waals surface area contributed by atoms with Gasteiger partial charge in [-0.05, 0) is 48.3 Å². The Morgan fingerprint density at radius 2 is 1.80 bits per heavy atom. The van der Waals surface area contributed by atoms with E-state index in [0.717, 1.165) is 18.5 Å². The Morgan fingerprint density at radius 1 is 1.20 bits per heavy atom. The Kier molecular flexibility index (Phi) is 4.02. The van der Waals surface area contributed by atoms with Gasteiger partial charge in [0, 0.05) is 11.7 Å². The van der Waals surface area contributed by atoms with Gasteiger partial charge in [-0.3, -0.25) is 0 Å². The van der Waals surface area contributed by atoms with E-state index in [1.54, 1.807) is 6.07 Å². The Bertz CT molecular complexity index is 524. The highest BCUT2D eigenvalue weighted by Gasteiger charge is 2.38. The lowest BCUT2D eigenvalue weighted by Gasteiger charge is -2.45. The van der Waals surface area contributed by atoms with Gasteiger partial charge in [0.15, 0.2) is 0 Å². The van der Waals surface area contributed by atoms with Crippen LogP contribution in [0.25, 0.3) is 0 Å². The third-order valence-corrected chi connectivity index (χ3v) is 4.34. The molecule has 108 valence electrons. The molecule has 0 radical (unpaired) electrons. The number of anilines is 1. The molecule has 0 heterocycles. The molecule has 0 atom stereocenters. The van der Waals surface area contributed by atoms with Crippen LogP contribution in [-0.4, -0.2) is 6.04 Å². The SMILES string of the molecule is CC1(C)CC(Nc2ccc(Cl)c(C#N)c2)CC(C)(C)C1. The average Bonchev–Trinajstić information content (AvgIpc) is 2.27. The van der Waals surface area contributed by atoms with Crippen LogP contribution in [0.3, 0.4) is 0 Å². The van der Waals surface area contributed by atoms with Crippen LogP contribution >= 0.6 is 11.6 Å². The molecule has 2 rings (SSSR count). The molecule has 0 spiro atoms. The van der Waals surface area contributed by atoms with E-state index in [1.165, 1.54) is 6.42 Å². The number of hydrogen-bond donors (Lipinski definition) is 1. The van der Waals surface area contributed by atoms with Gasteiger partial charge in [0.05, 0.1) is 10.6 Å². The number of nitrogens with one attached hydrogen (secondary N) is 1. The van der Waals surface area contributed by atoms with Crippen molar-refractivity contribution in [1.82, 2.24) is 0 Å². The van der Waals surface area contributed by atoms with Crippen molar-refractivity contribution in [3.05, 3.63) is 28.8 Å². The quantitative estimate of drug-likeness (QED) is 0.809. The second-order valence-electron chi connectivity index (χ2n) is 7.56. The Labute approximate surface area is 127 Å². The van der Waals surface area contributed by atoms with Crippen molar-refractivity contribution >= 4 is 17.3 Å². The standard InChI is InChI=1S/C17H23ClN2/c1-16(2)8-14(9-17(3,4)11-16)20-13-5-6-15(18)12(7-13)10-19/h5-7,14,20H,8-9,11H2,1-4H3. The Hall–Kier alpha value is -1.20. The highest BCUT2D eigenvalue weighted by molar-refractivity contribution is 6.31. The summed E-state index contributed by atoms with van der Waals surface area (Å²) in [4.78, 5) is 0. The molecule has 0 saturated heterocycles. The van der Waals surface area contributed by atoms with Crippen molar-refractivity contribution < 1.29 is 0 Å². The molecule has 1 saturated carbocycles. The molecule has 1 aliphatic rings. The van der Waals surface area contributed by atoms with Gasteiger partial charge in [-0.1, -0.05) is 39.3 Å². The third kappa shape index (κ3) is 3.67. The fourth-order valence-electron chi connectivity index (χ4n) is 3.88. The number of halogens is 1. The monoisotopic (exact) mass is 290 g/mol. The molecule has 20 heavy (non-hydrogen) atoms. The molecular formula is C17H23ClN2. The first-order chi connectivity index (χ1) is 9.21. The minimum atomic E-state index is 0.351. The molecule has 0 aliphatic heterocycles. The number of benzene rings is 1. The molecule has 1 fully saturated rings. The van der Waals surface area contributed by atoms with Crippen molar-refractivity contribution in [1.29, 1.82) is 5.26 Å². The van der Waals surface area contributed by atoms with E-state index in [4.69, 9.17) is 16.9 Å². The number of nitrogens with zero attached hydrogens (tertiary/aromatic N) is 1. The van der Waals surface area contributed by atoms with Gasteiger partial charge in [0.25, 0.3) is 0 Å². The molecule has 3 heteroatoms. The third-order valence-electron chi connectivity index (χ3n) is 4.01. The van der Waals surface area contributed by atoms with Crippen LogP contribution in [0.15, 0.2) is 18.2 Å². The lowest BCUT2D eigenvalue weighted by molar-refractivity contribution is 0.105. The molecule has 0 amide bonds. The number of rotatable bonds is 2. The van der Waals surface area contributed by atoms with Gasteiger partial charge in [0.1, 0.15) is 6.07 Å². The molecule has 2 nitrogen and oxygen atoms in total. The van der Waals surface area contributed by atoms with Crippen LogP contribution in [0.2, 0.25) is 5.02 Å². The van der Waals surface area contributed by atoms with E-state index in [2.05, 4.69) is 39.1 Å². The summed E-state index contributed by atoms with van der Waals surface area (Å²) in [5.41, 5.74) is 2.23. The van der Waals surface area contributed by atoms with E-state index < -0.39 is 0 Å². The Morgan fingerprint density at radius 3 is 2.35 bits per heavy atom. The van der Waals surface area contributed by atoms with Crippen LogP contribution in [0, 0.1) is 22.2 Å². The molecule has 0 unspecified atom stereocenters. The summed E-state index contributed by atoms with van der Waals surface area (Å²) < 4.78 is 0. The molecule has 0 aromatic heterocycles. The summed E-state index contributed by atoms with van der Waals surface area (Å²) in [6.07, 6.45) is 3.56. The predicted octanol–water partition coefficient (Wildman–Crippen LogP) is 5.23. The van der Waals surface area contributed by atoms with Gasteiger partial charge in [-0.15, -0.1) is 0 Å². The first-order valence-corrected chi connectivity index (χ1v) is 7.55. The lowest BCUT2D eigenvalue weighted by atomic mass is 9.63. The molecular weight excluding hydrogens is 268 g/mol. The maximum Gasteiger partial charge on any atom is 0.101 e. The van der Waals surface area contributed by atoms with Crippen molar-refractivity contribution in [3.8, 4) is 6.07 Å². The first kappa shape index (κ1) is 15.2. The molecule has 1 N–H and O–H groups in total. The molecule has 1 aliphatic carbocycles. The van der Waals surface area contributed by atoms with Crippen molar-refractivity contribution in [2.45, 2.75) is 53.0 Å². The highest BCUT2D eigenvalue weighted by atomic mass is 35.5. The van der Waals surface area contributed by atoms with Crippen molar-refractivity contribution in [2.24, 2.45) is 10.8 Å². The summed E-state index contributed by atoms with van der Waals surface area (Å²) in [6.45, 7) is 9.35. The van der Waals surface area contributed by atoms with Crippen molar-refractivity contribution in [3.63, 3.8) is 0 Å². The first-order valence-electron chi connectivity index (χ1n) is 7.17. The van der Waals surface area contributed by atoms with Crippen LogP contribution in [0.4, 0.5) is 5.69 Å². The normalized spacial score (nSPS) is 21.2. The van der Waals surface area contributed by atoms with E-state index in [0.29, 0.717) is 27.5 Å². The summed E-state index contributed by atoms with van der Waals surface area (Å²) >= 11 is 5.98. The maximum absolute atomic E-state index is 9.05. The van der Waals surface area contributed by atoms with E-state index >= 15 is 0 Å². The van der Waals surface area contributed by atoms with Crippen LogP contribution in [-0.2, 0) is 0 Å². The highest BCUT2D eigenvalue weighted by Crippen LogP contribution is 2.46. The average molecular weight is 291 g/mol. The van der Waals surface area contributed by atoms with E-state index in [-0.39, 0.29) is 0 Å². The summed E-state index contributed by atoms with van der Waals surface area (Å²) in [6, 6.07) is 8.17. The fraction of sp³-hybridized carbons (Fsp3) is 0.588. The van der Waals surface area contributed by atoms with Gasteiger partial charge in [0.2, 0.25) is 0 Å². The van der Waals surface area contributed by atoms with Crippen LogP contribution in [0.5, 0.6) is 0 Å². The molecule has 1 aromatic rings. The van der Waals surface area contributed by atoms with E-state index in [1.807, 2.05) is 12.1 Å². The second-order valence-corrected chi connectivity index (χ2v) is 7.97. The number of nitriles is 1. The van der Waals surface area contributed by atoms with E-state index in [9.17, 15) is 0 Å². The predicted molar refractivity (Wildman–Crippen MR) is 85.0 cm³/mol. The van der Waals surface area contributed by atoms with Gasteiger partial charge >= 0.3 is 0 Å². The summed E-state index contributed by atoms with van der Waals surface area (Å²) in [5, 5.41) is 13.2. The summed E-state index contributed by atoms with van der Waals surface area (Å²) in [5.74, 6) is 0. The van der Waals surface area contributed by atoms with Gasteiger partial charge < -0.3 is 5.32 Å². The zero-order valence-electron chi connectivity index (χ0n) is 12.8. The minimum Gasteiger partial charge on any atom is -0.382 e. The van der Waals surface area contributed by atoms with Gasteiger partial charge in [-0.25, -0.2) is 0 Å². The lowest BCUT2D eigenvalue weighted by Crippen LogP contribution is -2.40. The second kappa shape index (κ2) is 5.30. The topological polar surface area (TPSA) is 35.8 Å². The smallest absolute Gasteiger partial charge is 0.101 e. The van der Waals surface area contributed by atoms with Crippen LogP contribution < -0.4 is 5.32 Å². The molecule has 0 bridgehead atoms. The van der Waals surface area contributed by atoms with Crippen LogP contribution in [0.1, 0.15) is 52.5 Å².